The number of nitrogens with one attached hydrogen (secondary N) is 1. The van der Waals surface area contributed by atoms with E-state index in [1.165, 1.54) is 11.3 Å². The number of benzene rings is 3. The zero-order valence-corrected chi connectivity index (χ0v) is 17.1. The van der Waals surface area contributed by atoms with E-state index in [0.717, 1.165) is 43.0 Å². The van der Waals surface area contributed by atoms with Gasteiger partial charge in [0, 0.05) is 16.5 Å². The Morgan fingerprint density at radius 2 is 1.57 bits per heavy atom. The van der Waals surface area contributed by atoms with Gasteiger partial charge in [-0.3, -0.25) is 0 Å². The normalized spacial score (nSPS) is 10.6. The number of aromatic nitrogens is 2. The van der Waals surface area contributed by atoms with Crippen molar-refractivity contribution in [3.63, 3.8) is 0 Å². The van der Waals surface area contributed by atoms with Crippen molar-refractivity contribution >= 4 is 45.5 Å². The van der Waals surface area contributed by atoms with Crippen molar-refractivity contribution in [1.82, 2.24) is 10.2 Å². The lowest BCUT2D eigenvalue weighted by Crippen LogP contribution is -1.90. The number of ether oxygens (including phenoxy) is 1. The van der Waals surface area contributed by atoms with E-state index in [4.69, 9.17) is 16.3 Å². The number of rotatable bonds is 7. The molecule has 4 aromatic rings. The second-order valence-electron chi connectivity index (χ2n) is 5.82. The van der Waals surface area contributed by atoms with Gasteiger partial charge in [0.25, 0.3) is 0 Å². The van der Waals surface area contributed by atoms with Gasteiger partial charge in [0.2, 0.25) is 5.13 Å². The summed E-state index contributed by atoms with van der Waals surface area (Å²) in [4.78, 5) is 0. The van der Waals surface area contributed by atoms with Crippen LogP contribution >= 0.6 is 34.7 Å². The third kappa shape index (κ3) is 5.04. The van der Waals surface area contributed by atoms with Crippen molar-refractivity contribution in [2.45, 2.75) is 10.1 Å². The van der Waals surface area contributed by atoms with Gasteiger partial charge in [-0.05, 0) is 48.0 Å². The summed E-state index contributed by atoms with van der Waals surface area (Å²) in [5, 5.41) is 13.2. The minimum Gasteiger partial charge on any atom is -0.457 e. The lowest BCUT2D eigenvalue weighted by molar-refractivity contribution is 0.483. The summed E-state index contributed by atoms with van der Waals surface area (Å²) >= 11 is 9.34. The number of nitrogens with zero attached hydrogens (tertiary/aromatic N) is 2. The highest BCUT2D eigenvalue weighted by Crippen LogP contribution is 2.32. The lowest BCUT2D eigenvalue weighted by Gasteiger charge is -2.06. The average Bonchev–Trinajstić information content (AvgIpc) is 3.17. The van der Waals surface area contributed by atoms with Crippen molar-refractivity contribution in [3.05, 3.63) is 89.4 Å². The molecule has 0 radical (unpaired) electrons. The van der Waals surface area contributed by atoms with E-state index in [9.17, 15) is 0 Å². The van der Waals surface area contributed by atoms with Crippen LogP contribution in [0.3, 0.4) is 0 Å². The number of thioether (sulfide) groups is 1. The molecule has 7 heteroatoms. The minimum atomic E-state index is 0.749. The third-order valence-corrected chi connectivity index (χ3v) is 6.19. The Balaban J connectivity index is 1.34. The van der Waals surface area contributed by atoms with Gasteiger partial charge in [-0.15, -0.1) is 10.2 Å². The van der Waals surface area contributed by atoms with Crippen LogP contribution in [0, 0.1) is 0 Å². The molecule has 0 bridgehead atoms. The predicted molar refractivity (Wildman–Crippen MR) is 117 cm³/mol. The largest absolute Gasteiger partial charge is 0.457 e. The van der Waals surface area contributed by atoms with Gasteiger partial charge in [0.15, 0.2) is 4.34 Å². The van der Waals surface area contributed by atoms with Crippen molar-refractivity contribution in [2.24, 2.45) is 0 Å². The fraction of sp³-hybridized carbons (Fsp3) is 0.0476. The Morgan fingerprint density at radius 1 is 0.857 bits per heavy atom. The van der Waals surface area contributed by atoms with E-state index in [-0.39, 0.29) is 0 Å². The number of halogens is 1. The SMILES string of the molecule is Clc1ccccc1CSc1nnc(Nc2ccc(Oc3ccccc3)cc2)s1. The van der Waals surface area contributed by atoms with Crippen LogP contribution in [-0.4, -0.2) is 10.2 Å². The molecule has 4 rings (SSSR count). The van der Waals surface area contributed by atoms with Gasteiger partial charge >= 0.3 is 0 Å². The number of hydrogen-bond acceptors (Lipinski definition) is 6. The van der Waals surface area contributed by atoms with Crippen molar-refractivity contribution in [1.29, 1.82) is 0 Å². The van der Waals surface area contributed by atoms with E-state index in [0.29, 0.717) is 0 Å². The molecule has 28 heavy (non-hydrogen) atoms. The van der Waals surface area contributed by atoms with E-state index in [2.05, 4.69) is 15.5 Å². The summed E-state index contributed by atoms with van der Waals surface area (Å²) in [5.41, 5.74) is 2.02. The zero-order valence-electron chi connectivity index (χ0n) is 14.7. The molecule has 0 aliphatic heterocycles. The van der Waals surface area contributed by atoms with Gasteiger partial charge in [-0.1, -0.05) is 71.1 Å². The van der Waals surface area contributed by atoms with Crippen molar-refractivity contribution in [2.75, 3.05) is 5.32 Å². The van der Waals surface area contributed by atoms with Crippen LogP contribution in [0.2, 0.25) is 5.02 Å². The maximum atomic E-state index is 6.20. The molecule has 1 heterocycles. The second-order valence-corrected chi connectivity index (χ2v) is 8.42. The van der Waals surface area contributed by atoms with E-state index in [1.807, 2.05) is 78.9 Å². The van der Waals surface area contributed by atoms with Gasteiger partial charge < -0.3 is 10.1 Å². The molecule has 0 fully saturated rings. The summed E-state index contributed by atoms with van der Waals surface area (Å²) in [5.74, 6) is 2.36. The first kappa shape index (κ1) is 18.8. The van der Waals surface area contributed by atoms with Crippen LogP contribution in [0.5, 0.6) is 11.5 Å². The van der Waals surface area contributed by atoms with Crippen LogP contribution in [0.4, 0.5) is 10.8 Å². The molecule has 0 unspecified atom stereocenters. The van der Waals surface area contributed by atoms with E-state index in [1.54, 1.807) is 11.8 Å². The highest BCUT2D eigenvalue weighted by molar-refractivity contribution is 8.00. The molecule has 1 N–H and O–H groups in total. The monoisotopic (exact) mass is 425 g/mol. The summed E-state index contributed by atoms with van der Waals surface area (Å²) < 4.78 is 6.70. The Kier molecular flexibility index (Phi) is 6.11. The topological polar surface area (TPSA) is 47.0 Å². The quantitative estimate of drug-likeness (QED) is 0.322. The molecule has 1 aromatic heterocycles. The lowest BCUT2D eigenvalue weighted by atomic mass is 10.2. The summed E-state index contributed by atoms with van der Waals surface area (Å²) in [6, 6.07) is 25.3. The van der Waals surface area contributed by atoms with Gasteiger partial charge in [-0.25, -0.2) is 0 Å². The molecule has 4 nitrogen and oxygen atoms in total. The molecule has 0 saturated carbocycles. The fourth-order valence-electron chi connectivity index (χ4n) is 2.43. The Hall–Kier alpha value is -2.54. The minimum absolute atomic E-state index is 0.749. The number of hydrogen-bond donors (Lipinski definition) is 1. The Bertz CT molecular complexity index is 1040. The molecule has 0 atom stereocenters. The first-order valence-corrected chi connectivity index (χ1v) is 10.7. The van der Waals surface area contributed by atoms with Gasteiger partial charge in [0.05, 0.1) is 0 Å². The molecule has 0 aliphatic carbocycles. The highest BCUT2D eigenvalue weighted by Gasteiger charge is 2.07. The Morgan fingerprint density at radius 3 is 2.36 bits per heavy atom. The molecule has 3 aromatic carbocycles. The molecular formula is C21H16ClN3OS2. The zero-order chi connectivity index (χ0) is 19.2. The van der Waals surface area contributed by atoms with Crippen LogP contribution in [0.15, 0.2) is 83.2 Å². The average molecular weight is 426 g/mol. The molecule has 140 valence electrons. The maximum Gasteiger partial charge on any atom is 0.210 e. The molecule has 0 saturated heterocycles. The fourth-order valence-corrected chi connectivity index (χ4v) is 4.49. The van der Waals surface area contributed by atoms with Crippen LogP contribution in [0.1, 0.15) is 5.56 Å². The number of para-hydroxylation sites is 1. The molecule has 0 spiro atoms. The van der Waals surface area contributed by atoms with Crippen LogP contribution in [-0.2, 0) is 5.75 Å². The summed E-state index contributed by atoms with van der Waals surface area (Å²) in [6.45, 7) is 0. The predicted octanol–water partition coefficient (Wildman–Crippen LogP) is 7.02. The van der Waals surface area contributed by atoms with E-state index >= 15 is 0 Å². The second kappa shape index (κ2) is 9.10. The maximum absolute atomic E-state index is 6.20. The van der Waals surface area contributed by atoms with Crippen molar-refractivity contribution in [3.8, 4) is 11.5 Å². The molecule has 0 amide bonds. The highest BCUT2D eigenvalue weighted by atomic mass is 35.5. The number of anilines is 2. The molecule has 0 aliphatic rings. The van der Waals surface area contributed by atoms with Crippen LogP contribution in [0.25, 0.3) is 0 Å². The first-order chi connectivity index (χ1) is 13.8. The summed E-state index contributed by atoms with van der Waals surface area (Å²) in [7, 11) is 0. The first-order valence-electron chi connectivity index (χ1n) is 8.56. The third-order valence-electron chi connectivity index (χ3n) is 3.80. The van der Waals surface area contributed by atoms with Crippen LogP contribution < -0.4 is 10.1 Å². The van der Waals surface area contributed by atoms with Crippen molar-refractivity contribution < 1.29 is 4.74 Å². The summed E-state index contributed by atoms with van der Waals surface area (Å²) in [6.07, 6.45) is 0. The Labute approximate surface area is 176 Å². The van der Waals surface area contributed by atoms with Gasteiger partial charge in [-0.2, -0.15) is 0 Å². The molecular weight excluding hydrogens is 410 g/mol. The van der Waals surface area contributed by atoms with E-state index < -0.39 is 0 Å². The smallest absolute Gasteiger partial charge is 0.210 e. The van der Waals surface area contributed by atoms with Gasteiger partial charge in [0.1, 0.15) is 11.5 Å². The standard InChI is InChI=1S/C21H16ClN3OS2/c22-19-9-5-4-6-15(19)14-27-21-25-24-20(28-21)23-16-10-12-18(13-11-16)26-17-7-2-1-3-8-17/h1-13H,14H2,(H,23,24).